The predicted molar refractivity (Wildman–Crippen MR) is 74.2 cm³/mol. The molecule has 0 spiro atoms. The maximum atomic E-state index is 9.34. The highest BCUT2D eigenvalue weighted by molar-refractivity contribution is 5.27. The van der Waals surface area contributed by atoms with Gasteiger partial charge in [0, 0.05) is 6.04 Å². The third-order valence-electron chi connectivity index (χ3n) is 3.80. The normalized spacial score (nSPS) is 18.9. The van der Waals surface area contributed by atoms with Crippen molar-refractivity contribution in [2.45, 2.75) is 57.5 Å². The van der Waals surface area contributed by atoms with Crippen molar-refractivity contribution in [3.8, 4) is 6.07 Å². The summed E-state index contributed by atoms with van der Waals surface area (Å²) in [6.45, 7) is 2.07. The van der Waals surface area contributed by atoms with Crippen molar-refractivity contribution in [1.82, 2.24) is 5.32 Å². The molecule has 1 fully saturated rings. The highest BCUT2D eigenvalue weighted by atomic mass is 14.9. The van der Waals surface area contributed by atoms with E-state index in [0.29, 0.717) is 6.04 Å². The number of rotatable bonds is 3. The van der Waals surface area contributed by atoms with Crippen LogP contribution in [-0.2, 0) is 0 Å². The Hall–Kier alpha value is -1.33. The molecule has 0 radical (unpaired) electrons. The smallest absolute Gasteiger partial charge is 0.121 e. The predicted octanol–water partition coefficient (Wildman–Crippen LogP) is 3.87. The molecule has 0 saturated heterocycles. The maximum Gasteiger partial charge on any atom is 0.121 e. The van der Waals surface area contributed by atoms with Crippen LogP contribution in [0.15, 0.2) is 24.3 Å². The molecule has 18 heavy (non-hydrogen) atoms. The van der Waals surface area contributed by atoms with Crippen LogP contribution < -0.4 is 5.32 Å². The van der Waals surface area contributed by atoms with Gasteiger partial charge >= 0.3 is 0 Å². The van der Waals surface area contributed by atoms with E-state index in [0.717, 1.165) is 5.56 Å². The first-order chi connectivity index (χ1) is 8.79. The van der Waals surface area contributed by atoms with Gasteiger partial charge in [0.1, 0.15) is 6.04 Å². The van der Waals surface area contributed by atoms with Crippen LogP contribution in [0, 0.1) is 18.3 Å². The van der Waals surface area contributed by atoms with Crippen LogP contribution in [-0.4, -0.2) is 6.04 Å². The number of hydrogen-bond donors (Lipinski definition) is 1. The fourth-order valence-corrected chi connectivity index (χ4v) is 2.65. The van der Waals surface area contributed by atoms with Gasteiger partial charge in [-0.05, 0) is 25.3 Å². The molecule has 1 unspecified atom stereocenters. The number of aryl methyl sites for hydroxylation is 1. The fraction of sp³-hybridized carbons (Fsp3) is 0.562. The van der Waals surface area contributed by atoms with E-state index >= 15 is 0 Å². The zero-order chi connectivity index (χ0) is 12.8. The SMILES string of the molecule is Cc1ccc(C(C#N)NC2CCCCCC2)cc1. The van der Waals surface area contributed by atoms with Gasteiger partial charge in [-0.1, -0.05) is 55.5 Å². The van der Waals surface area contributed by atoms with Gasteiger partial charge in [0.15, 0.2) is 0 Å². The summed E-state index contributed by atoms with van der Waals surface area (Å²) in [5.74, 6) is 0. The average molecular weight is 242 g/mol. The quantitative estimate of drug-likeness (QED) is 0.817. The second kappa shape index (κ2) is 6.56. The number of benzene rings is 1. The minimum absolute atomic E-state index is 0.159. The molecule has 1 atom stereocenters. The van der Waals surface area contributed by atoms with Crippen molar-refractivity contribution in [2.75, 3.05) is 0 Å². The molecule has 1 N–H and O–H groups in total. The zero-order valence-corrected chi connectivity index (χ0v) is 11.2. The summed E-state index contributed by atoms with van der Waals surface area (Å²) in [6.07, 6.45) is 7.71. The Morgan fingerprint density at radius 2 is 1.72 bits per heavy atom. The Balaban J connectivity index is 2.00. The Morgan fingerprint density at radius 3 is 2.28 bits per heavy atom. The number of hydrogen-bond acceptors (Lipinski definition) is 2. The van der Waals surface area contributed by atoms with Crippen LogP contribution in [0.1, 0.15) is 55.7 Å². The Bertz CT molecular complexity index is 394. The molecular formula is C16H22N2. The van der Waals surface area contributed by atoms with Crippen molar-refractivity contribution in [2.24, 2.45) is 0 Å². The van der Waals surface area contributed by atoms with Crippen LogP contribution in [0.5, 0.6) is 0 Å². The Labute approximate surface area is 110 Å². The molecule has 0 amide bonds. The number of nitrogens with one attached hydrogen (secondary N) is 1. The molecule has 1 aliphatic rings. The summed E-state index contributed by atoms with van der Waals surface area (Å²) in [5, 5.41) is 12.9. The molecule has 0 bridgehead atoms. The fourth-order valence-electron chi connectivity index (χ4n) is 2.65. The molecule has 0 aliphatic heterocycles. The molecule has 2 rings (SSSR count). The van der Waals surface area contributed by atoms with Gasteiger partial charge in [0.2, 0.25) is 0 Å². The van der Waals surface area contributed by atoms with E-state index in [-0.39, 0.29) is 6.04 Å². The van der Waals surface area contributed by atoms with Crippen molar-refractivity contribution < 1.29 is 0 Å². The lowest BCUT2D eigenvalue weighted by atomic mass is 10.0. The van der Waals surface area contributed by atoms with Gasteiger partial charge in [-0.25, -0.2) is 0 Å². The van der Waals surface area contributed by atoms with Gasteiger partial charge in [-0.2, -0.15) is 5.26 Å². The van der Waals surface area contributed by atoms with Crippen molar-refractivity contribution in [3.63, 3.8) is 0 Å². The standard InChI is InChI=1S/C16H22N2/c1-13-8-10-14(11-9-13)16(12-17)18-15-6-4-2-3-5-7-15/h8-11,15-16,18H,2-7H2,1H3. The molecular weight excluding hydrogens is 220 g/mol. The molecule has 1 aliphatic carbocycles. The summed E-state index contributed by atoms with van der Waals surface area (Å²) in [6, 6.07) is 11.0. The topological polar surface area (TPSA) is 35.8 Å². The van der Waals surface area contributed by atoms with Gasteiger partial charge in [-0.3, -0.25) is 5.32 Å². The molecule has 2 nitrogen and oxygen atoms in total. The minimum atomic E-state index is -0.159. The van der Waals surface area contributed by atoms with Crippen LogP contribution >= 0.6 is 0 Å². The van der Waals surface area contributed by atoms with Gasteiger partial charge in [0.05, 0.1) is 6.07 Å². The van der Waals surface area contributed by atoms with Gasteiger partial charge in [0.25, 0.3) is 0 Å². The van der Waals surface area contributed by atoms with E-state index in [1.807, 2.05) is 0 Å². The van der Waals surface area contributed by atoms with E-state index in [1.165, 1.54) is 44.1 Å². The third-order valence-corrected chi connectivity index (χ3v) is 3.80. The molecule has 1 aromatic rings. The lowest BCUT2D eigenvalue weighted by molar-refractivity contribution is 0.436. The molecule has 96 valence electrons. The third kappa shape index (κ3) is 3.58. The average Bonchev–Trinajstić information content (AvgIpc) is 2.66. The maximum absolute atomic E-state index is 9.34. The summed E-state index contributed by atoms with van der Waals surface area (Å²) in [5.41, 5.74) is 2.33. The van der Waals surface area contributed by atoms with E-state index in [4.69, 9.17) is 0 Å². The van der Waals surface area contributed by atoms with E-state index in [2.05, 4.69) is 42.6 Å². The molecule has 0 aromatic heterocycles. The Kier molecular flexibility index (Phi) is 4.78. The van der Waals surface area contributed by atoms with Crippen LogP contribution in [0.2, 0.25) is 0 Å². The molecule has 1 saturated carbocycles. The molecule has 1 aromatic carbocycles. The largest absolute Gasteiger partial charge is 0.295 e. The Morgan fingerprint density at radius 1 is 1.11 bits per heavy atom. The lowest BCUT2D eigenvalue weighted by Crippen LogP contribution is -2.31. The zero-order valence-electron chi connectivity index (χ0n) is 11.2. The summed E-state index contributed by atoms with van der Waals surface area (Å²) in [7, 11) is 0. The highest BCUT2D eigenvalue weighted by Crippen LogP contribution is 2.21. The van der Waals surface area contributed by atoms with Crippen molar-refractivity contribution >= 4 is 0 Å². The summed E-state index contributed by atoms with van der Waals surface area (Å²) < 4.78 is 0. The molecule has 2 heteroatoms. The second-order valence-corrected chi connectivity index (χ2v) is 5.33. The number of nitrogens with zero attached hydrogens (tertiary/aromatic N) is 1. The van der Waals surface area contributed by atoms with Crippen molar-refractivity contribution in [3.05, 3.63) is 35.4 Å². The first kappa shape index (κ1) is 13.1. The van der Waals surface area contributed by atoms with Gasteiger partial charge in [-0.15, -0.1) is 0 Å². The first-order valence-corrected chi connectivity index (χ1v) is 7.02. The molecule has 0 heterocycles. The van der Waals surface area contributed by atoms with Crippen molar-refractivity contribution in [1.29, 1.82) is 5.26 Å². The monoisotopic (exact) mass is 242 g/mol. The summed E-state index contributed by atoms with van der Waals surface area (Å²) >= 11 is 0. The van der Waals surface area contributed by atoms with Crippen LogP contribution in [0.25, 0.3) is 0 Å². The van der Waals surface area contributed by atoms with E-state index in [9.17, 15) is 5.26 Å². The lowest BCUT2D eigenvalue weighted by Gasteiger charge is -2.20. The second-order valence-electron chi connectivity index (χ2n) is 5.33. The van der Waals surface area contributed by atoms with Crippen LogP contribution in [0.3, 0.4) is 0 Å². The van der Waals surface area contributed by atoms with E-state index < -0.39 is 0 Å². The van der Waals surface area contributed by atoms with Gasteiger partial charge < -0.3 is 0 Å². The minimum Gasteiger partial charge on any atom is -0.295 e. The first-order valence-electron chi connectivity index (χ1n) is 7.02. The highest BCUT2D eigenvalue weighted by Gasteiger charge is 2.17. The van der Waals surface area contributed by atoms with E-state index in [1.54, 1.807) is 0 Å². The van der Waals surface area contributed by atoms with Crippen LogP contribution in [0.4, 0.5) is 0 Å². The summed E-state index contributed by atoms with van der Waals surface area (Å²) in [4.78, 5) is 0. The number of nitriles is 1.